The number of ether oxygens (including phenoxy) is 1. The van der Waals surface area contributed by atoms with Crippen molar-refractivity contribution in [1.29, 1.82) is 0 Å². The molecule has 4 aromatic heterocycles. The van der Waals surface area contributed by atoms with E-state index in [9.17, 15) is 19.2 Å². The summed E-state index contributed by atoms with van der Waals surface area (Å²) in [7, 11) is 0. The van der Waals surface area contributed by atoms with E-state index in [0.29, 0.717) is 4.88 Å². The highest BCUT2D eigenvalue weighted by atomic mass is 32.1. The van der Waals surface area contributed by atoms with Gasteiger partial charge in [-0.1, -0.05) is 6.07 Å². The van der Waals surface area contributed by atoms with Gasteiger partial charge < -0.3 is 18.5 Å². The van der Waals surface area contributed by atoms with Crippen LogP contribution in [0.2, 0.25) is 0 Å². The normalized spacial score (nSPS) is 20.2. The minimum Gasteiger partial charge on any atom is -0.472 e. The van der Waals surface area contributed by atoms with Crippen LogP contribution in [-0.2, 0) is 4.74 Å². The van der Waals surface area contributed by atoms with E-state index in [2.05, 4.69) is 0 Å². The van der Waals surface area contributed by atoms with Crippen LogP contribution in [0.1, 0.15) is 40.9 Å². The average Bonchev–Trinajstić information content (AvgIpc) is 3.69. The number of ketones is 3. The van der Waals surface area contributed by atoms with E-state index in [-0.39, 0.29) is 30.0 Å². The van der Waals surface area contributed by atoms with Gasteiger partial charge in [-0.15, -0.1) is 11.3 Å². The van der Waals surface area contributed by atoms with Crippen LogP contribution in [0.4, 0.5) is 0 Å². The molecule has 2 atom stereocenters. The van der Waals surface area contributed by atoms with E-state index >= 15 is 0 Å². The first-order valence-corrected chi connectivity index (χ1v) is 12.1. The summed E-state index contributed by atoms with van der Waals surface area (Å²) in [6, 6.07) is 9.15. The minimum atomic E-state index is -2.33. The summed E-state index contributed by atoms with van der Waals surface area (Å²) < 4.78 is 16.3. The van der Waals surface area contributed by atoms with Crippen LogP contribution in [0.25, 0.3) is 0 Å². The maximum Gasteiger partial charge on any atom is 0.258 e. The Kier molecular flexibility index (Phi) is 5.86. The van der Waals surface area contributed by atoms with Crippen molar-refractivity contribution in [2.24, 2.45) is 0 Å². The zero-order valence-corrected chi connectivity index (χ0v) is 19.2. The molecule has 0 bridgehead atoms. The van der Waals surface area contributed by atoms with Gasteiger partial charge in [-0.3, -0.25) is 19.2 Å². The fraction of sp³-hybridized carbons (Fsp3) is 0.167. The molecule has 8 nitrogen and oxygen atoms in total. The molecule has 10 heteroatoms. The van der Waals surface area contributed by atoms with E-state index < -0.39 is 34.9 Å². The number of hydrogen-bond donors (Lipinski definition) is 0. The van der Waals surface area contributed by atoms with Gasteiger partial charge in [-0.2, -0.15) is 11.3 Å². The molecule has 172 valence electrons. The molecular formula is C24H17NO7S2. The van der Waals surface area contributed by atoms with Crippen LogP contribution < -0.4 is 0 Å². The molecule has 0 radical (unpaired) electrons. The third-order valence-corrected chi connectivity index (χ3v) is 7.21. The maximum absolute atomic E-state index is 14.2. The van der Waals surface area contributed by atoms with Crippen LogP contribution >= 0.6 is 22.7 Å². The molecule has 0 N–H and O–H groups in total. The second kappa shape index (κ2) is 8.98. The van der Waals surface area contributed by atoms with E-state index in [1.807, 2.05) is 0 Å². The lowest BCUT2D eigenvalue weighted by Crippen LogP contribution is -2.73. The molecule has 0 aliphatic carbocycles. The van der Waals surface area contributed by atoms with Gasteiger partial charge >= 0.3 is 0 Å². The van der Waals surface area contributed by atoms with Gasteiger partial charge in [0, 0.05) is 17.5 Å². The van der Waals surface area contributed by atoms with Gasteiger partial charge in [0.1, 0.15) is 6.26 Å². The average molecular weight is 496 g/mol. The maximum atomic E-state index is 14.2. The van der Waals surface area contributed by atoms with Crippen LogP contribution in [0.15, 0.2) is 80.2 Å². The fourth-order valence-corrected chi connectivity index (χ4v) is 5.43. The quantitative estimate of drug-likeness (QED) is 0.279. The third-order valence-electron chi connectivity index (χ3n) is 5.64. The molecule has 0 saturated carbocycles. The van der Waals surface area contributed by atoms with Crippen molar-refractivity contribution in [3.63, 3.8) is 0 Å². The van der Waals surface area contributed by atoms with Gasteiger partial charge in [0.25, 0.3) is 5.91 Å². The van der Waals surface area contributed by atoms with Crippen molar-refractivity contribution in [2.75, 3.05) is 13.2 Å². The number of carbonyl (C=O) groups excluding carboxylic acids is 4. The van der Waals surface area contributed by atoms with E-state index in [1.54, 1.807) is 34.3 Å². The van der Waals surface area contributed by atoms with Crippen LogP contribution in [0.5, 0.6) is 0 Å². The Balaban J connectivity index is 1.76. The molecule has 2 unspecified atom stereocenters. The first kappa shape index (κ1) is 22.2. The van der Waals surface area contributed by atoms with Gasteiger partial charge in [0.2, 0.25) is 22.9 Å². The Morgan fingerprint density at radius 2 is 1.85 bits per heavy atom. The standard InChI is InChI=1S/C24H17NO7S2/c26-19(18-4-2-11-34-18)22-24(20(27)16-6-12-33-14-16,21(28)17-3-1-8-31-17)25(7-10-32-22)23(29)15-5-9-30-13-15/h1-6,8-9,11-14,22H,7,10H2. The third kappa shape index (κ3) is 3.47. The molecule has 1 aliphatic rings. The molecular weight excluding hydrogens is 478 g/mol. The summed E-state index contributed by atoms with van der Waals surface area (Å²) in [5, 5.41) is 4.96. The molecule has 5 rings (SSSR count). The van der Waals surface area contributed by atoms with Gasteiger partial charge in [-0.25, -0.2) is 0 Å². The molecule has 34 heavy (non-hydrogen) atoms. The highest BCUT2D eigenvalue weighted by Gasteiger charge is 2.64. The second-order valence-corrected chi connectivity index (χ2v) is 9.20. The van der Waals surface area contributed by atoms with Crippen LogP contribution in [-0.4, -0.2) is 53.0 Å². The predicted molar refractivity (Wildman–Crippen MR) is 123 cm³/mol. The van der Waals surface area contributed by atoms with Crippen molar-refractivity contribution in [3.05, 3.63) is 93.1 Å². The second-order valence-electron chi connectivity index (χ2n) is 7.48. The molecule has 1 aliphatic heterocycles. The molecule has 5 heterocycles. The Hall–Kier alpha value is -3.60. The Morgan fingerprint density at radius 3 is 2.50 bits per heavy atom. The number of Topliss-reactive ketones (excluding diaryl/α,β-unsaturated/α-hetero) is 3. The van der Waals surface area contributed by atoms with Gasteiger partial charge in [0.15, 0.2) is 11.9 Å². The largest absolute Gasteiger partial charge is 0.472 e. The Bertz CT molecular complexity index is 1200. The molecule has 0 spiro atoms. The van der Waals surface area contributed by atoms with Crippen molar-refractivity contribution in [1.82, 2.24) is 4.90 Å². The number of morpholine rings is 1. The van der Waals surface area contributed by atoms with E-state index in [1.165, 1.54) is 48.3 Å². The van der Waals surface area contributed by atoms with Crippen LogP contribution in [0, 0.1) is 0 Å². The number of hydrogen-bond acceptors (Lipinski definition) is 9. The topological polar surface area (TPSA) is 107 Å². The first-order chi connectivity index (χ1) is 16.5. The number of furan rings is 2. The number of rotatable bonds is 7. The van der Waals surface area contributed by atoms with Crippen LogP contribution in [0.3, 0.4) is 0 Å². The summed E-state index contributed by atoms with van der Waals surface area (Å²) in [5.41, 5.74) is -2.00. The van der Waals surface area contributed by atoms with Gasteiger partial charge in [0.05, 0.1) is 29.6 Å². The molecule has 1 saturated heterocycles. The SMILES string of the molecule is O=C(c1cccs1)C1OCCN(C(=O)c2ccoc2)C1(C(=O)c1ccsc1)C(=O)c1ccco1. The lowest BCUT2D eigenvalue weighted by molar-refractivity contribution is -0.0654. The monoisotopic (exact) mass is 495 g/mol. The summed E-state index contributed by atoms with van der Waals surface area (Å²) in [6.45, 7) is -0.143. The van der Waals surface area contributed by atoms with Crippen molar-refractivity contribution >= 4 is 45.9 Å². The summed E-state index contributed by atoms with van der Waals surface area (Å²) in [6.07, 6.45) is 2.25. The van der Waals surface area contributed by atoms with Crippen molar-refractivity contribution in [2.45, 2.75) is 11.6 Å². The fourth-order valence-electron chi connectivity index (χ4n) is 4.11. The zero-order valence-electron chi connectivity index (χ0n) is 17.5. The molecule has 1 amide bonds. The van der Waals surface area contributed by atoms with Gasteiger partial charge in [-0.05, 0) is 41.1 Å². The highest BCUT2D eigenvalue weighted by molar-refractivity contribution is 7.12. The Labute approximate surface area is 201 Å². The Morgan fingerprint density at radius 1 is 0.971 bits per heavy atom. The van der Waals surface area contributed by atoms with E-state index in [0.717, 1.165) is 16.2 Å². The highest BCUT2D eigenvalue weighted by Crippen LogP contribution is 2.38. The number of thiophene rings is 2. The first-order valence-electron chi connectivity index (χ1n) is 10.2. The molecule has 4 aromatic rings. The van der Waals surface area contributed by atoms with Crippen molar-refractivity contribution in [3.8, 4) is 0 Å². The number of carbonyl (C=O) groups is 4. The lowest BCUT2D eigenvalue weighted by atomic mass is 9.75. The summed E-state index contributed by atoms with van der Waals surface area (Å²) in [5.74, 6) is -2.92. The number of amides is 1. The number of nitrogens with zero attached hydrogens (tertiary/aromatic N) is 1. The summed E-state index contributed by atoms with van der Waals surface area (Å²) in [4.78, 5) is 57.1. The molecule has 0 aromatic carbocycles. The van der Waals surface area contributed by atoms with E-state index in [4.69, 9.17) is 13.6 Å². The summed E-state index contributed by atoms with van der Waals surface area (Å²) >= 11 is 2.42. The van der Waals surface area contributed by atoms with Crippen molar-refractivity contribution < 1.29 is 32.7 Å². The zero-order chi connectivity index (χ0) is 23.7. The predicted octanol–water partition coefficient (Wildman–Crippen LogP) is 4.22. The molecule has 1 fully saturated rings. The smallest absolute Gasteiger partial charge is 0.258 e. The minimum absolute atomic E-state index is 0.0462. The lowest BCUT2D eigenvalue weighted by Gasteiger charge is -2.47.